The lowest BCUT2D eigenvalue weighted by Gasteiger charge is -2.07. The van der Waals surface area contributed by atoms with Crippen molar-refractivity contribution >= 4 is 10.0 Å². The smallest absolute Gasteiger partial charge is 0.240 e. The second-order valence-corrected chi connectivity index (χ2v) is 6.71. The van der Waals surface area contributed by atoms with Gasteiger partial charge < -0.3 is 5.32 Å². The lowest BCUT2D eigenvalue weighted by molar-refractivity contribution is 0.581. The first-order valence-electron chi connectivity index (χ1n) is 6.94. The van der Waals surface area contributed by atoms with Crippen LogP contribution in [0, 0.1) is 0 Å². The zero-order valence-electron chi connectivity index (χ0n) is 11.4. The maximum atomic E-state index is 12.0. The van der Waals surface area contributed by atoms with Crippen LogP contribution in [-0.2, 0) is 16.4 Å². The molecule has 0 atom stereocenters. The van der Waals surface area contributed by atoms with E-state index in [0.29, 0.717) is 4.90 Å². The third-order valence-electron chi connectivity index (χ3n) is 3.20. The summed E-state index contributed by atoms with van der Waals surface area (Å²) in [6, 6.07) is 7.38. The van der Waals surface area contributed by atoms with Gasteiger partial charge in [0.05, 0.1) is 4.90 Å². The molecule has 0 aromatic heterocycles. The Morgan fingerprint density at radius 2 is 1.89 bits per heavy atom. The molecule has 0 bridgehead atoms. The minimum absolute atomic E-state index is 0.157. The van der Waals surface area contributed by atoms with Crippen molar-refractivity contribution in [3.63, 3.8) is 0 Å². The Morgan fingerprint density at radius 1 is 1.21 bits per heavy atom. The van der Waals surface area contributed by atoms with Crippen LogP contribution < -0.4 is 10.0 Å². The third kappa shape index (κ3) is 4.60. The van der Waals surface area contributed by atoms with Crippen molar-refractivity contribution in [3.8, 4) is 0 Å². The minimum Gasteiger partial charge on any atom is -0.317 e. The zero-order chi connectivity index (χ0) is 13.7. The van der Waals surface area contributed by atoms with Gasteiger partial charge in [-0.2, -0.15) is 0 Å². The fourth-order valence-corrected chi connectivity index (χ4v) is 3.22. The molecule has 0 radical (unpaired) electrons. The molecule has 1 aromatic carbocycles. The van der Waals surface area contributed by atoms with Crippen LogP contribution in [-0.4, -0.2) is 27.5 Å². The van der Waals surface area contributed by atoms with Gasteiger partial charge in [0.2, 0.25) is 10.0 Å². The summed E-state index contributed by atoms with van der Waals surface area (Å²) in [6.07, 6.45) is 3.97. The lowest BCUT2D eigenvalue weighted by Crippen LogP contribution is -2.25. The monoisotopic (exact) mass is 282 g/mol. The second kappa shape index (κ2) is 6.50. The van der Waals surface area contributed by atoms with E-state index in [2.05, 4.69) is 17.0 Å². The molecule has 0 unspecified atom stereocenters. The Hall–Kier alpha value is -0.910. The topological polar surface area (TPSA) is 58.2 Å². The highest BCUT2D eigenvalue weighted by Gasteiger charge is 2.27. The Balaban J connectivity index is 1.90. The molecule has 1 fully saturated rings. The van der Waals surface area contributed by atoms with Crippen molar-refractivity contribution in [1.29, 1.82) is 0 Å². The van der Waals surface area contributed by atoms with E-state index in [1.165, 1.54) is 5.56 Å². The third-order valence-corrected chi connectivity index (χ3v) is 4.74. The molecule has 19 heavy (non-hydrogen) atoms. The van der Waals surface area contributed by atoms with Gasteiger partial charge in [-0.1, -0.05) is 19.1 Å². The van der Waals surface area contributed by atoms with Crippen molar-refractivity contribution in [3.05, 3.63) is 29.8 Å². The maximum absolute atomic E-state index is 12.0. The maximum Gasteiger partial charge on any atom is 0.240 e. The SMILES string of the molecule is CCNCCCc1ccc(S(=O)(=O)NC2CC2)cc1. The highest BCUT2D eigenvalue weighted by Crippen LogP contribution is 2.22. The van der Waals surface area contributed by atoms with Crippen molar-refractivity contribution < 1.29 is 8.42 Å². The molecular weight excluding hydrogens is 260 g/mol. The summed E-state index contributed by atoms with van der Waals surface area (Å²) in [5.74, 6) is 0. The van der Waals surface area contributed by atoms with E-state index in [0.717, 1.165) is 38.8 Å². The molecule has 0 spiro atoms. The van der Waals surface area contributed by atoms with Crippen LogP contribution in [0.1, 0.15) is 31.7 Å². The Bertz CT molecular complexity index is 493. The van der Waals surface area contributed by atoms with Crippen molar-refractivity contribution in [2.45, 2.75) is 43.5 Å². The fourth-order valence-electron chi connectivity index (χ4n) is 1.92. The van der Waals surface area contributed by atoms with Crippen molar-refractivity contribution in [2.24, 2.45) is 0 Å². The average Bonchev–Trinajstić information content (AvgIpc) is 3.18. The van der Waals surface area contributed by atoms with Gasteiger partial charge in [0, 0.05) is 6.04 Å². The number of nitrogens with one attached hydrogen (secondary N) is 2. The van der Waals surface area contributed by atoms with E-state index in [1.807, 2.05) is 12.1 Å². The first kappa shape index (κ1) is 14.5. The van der Waals surface area contributed by atoms with E-state index in [4.69, 9.17) is 0 Å². The lowest BCUT2D eigenvalue weighted by atomic mass is 10.1. The van der Waals surface area contributed by atoms with Crippen LogP contribution in [0.4, 0.5) is 0 Å². The predicted octanol–water partition coefficient (Wildman–Crippen LogP) is 1.67. The van der Waals surface area contributed by atoms with Crippen LogP contribution >= 0.6 is 0 Å². The van der Waals surface area contributed by atoms with Crippen molar-refractivity contribution in [1.82, 2.24) is 10.0 Å². The summed E-state index contributed by atoms with van der Waals surface area (Å²) in [7, 11) is -3.31. The molecule has 1 aliphatic carbocycles. The van der Waals surface area contributed by atoms with Gasteiger partial charge in [0.1, 0.15) is 0 Å². The van der Waals surface area contributed by atoms with E-state index >= 15 is 0 Å². The van der Waals surface area contributed by atoms with Crippen LogP contribution in [0.5, 0.6) is 0 Å². The van der Waals surface area contributed by atoms with Crippen LogP contribution in [0.3, 0.4) is 0 Å². The fraction of sp³-hybridized carbons (Fsp3) is 0.571. The molecule has 1 saturated carbocycles. The van der Waals surface area contributed by atoms with Gasteiger partial charge in [0.25, 0.3) is 0 Å². The van der Waals surface area contributed by atoms with E-state index in [9.17, 15) is 8.42 Å². The first-order valence-corrected chi connectivity index (χ1v) is 8.42. The molecule has 5 heteroatoms. The van der Waals surface area contributed by atoms with E-state index in [1.54, 1.807) is 12.1 Å². The largest absolute Gasteiger partial charge is 0.317 e. The van der Waals surface area contributed by atoms with Crippen molar-refractivity contribution in [2.75, 3.05) is 13.1 Å². The van der Waals surface area contributed by atoms with E-state index < -0.39 is 10.0 Å². The summed E-state index contributed by atoms with van der Waals surface area (Å²) in [6.45, 7) is 4.08. The van der Waals surface area contributed by atoms with Crippen LogP contribution in [0.25, 0.3) is 0 Å². The number of hydrogen-bond acceptors (Lipinski definition) is 3. The number of sulfonamides is 1. The van der Waals surface area contributed by atoms with Gasteiger partial charge in [-0.05, 0) is 56.5 Å². The second-order valence-electron chi connectivity index (χ2n) is 5.00. The summed E-state index contributed by atoms with van der Waals surface area (Å²) < 4.78 is 26.6. The standard InChI is InChI=1S/C14H22N2O2S/c1-2-15-11-3-4-12-5-9-14(10-6-12)19(17,18)16-13-7-8-13/h5-6,9-10,13,15-16H,2-4,7-8,11H2,1H3. The van der Waals surface area contributed by atoms with Gasteiger partial charge in [-0.25, -0.2) is 13.1 Å². The molecule has 106 valence electrons. The highest BCUT2D eigenvalue weighted by atomic mass is 32.2. The summed E-state index contributed by atoms with van der Waals surface area (Å²) in [5, 5.41) is 3.28. The number of rotatable bonds is 8. The zero-order valence-corrected chi connectivity index (χ0v) is 12.2. The summed E-state index contributed by atoms with van der Waals surface area (Å²) >= 11 is 0. The van der Waals surface area contributed by atoms with Gasteiger partial charge in [-0.3, -0.25) is 0 Å². The Morgan fingerprint density at radius 3 is 2.47 bits per heavy atom. The molecule has 0 aliphatic heterocycles. The molecular formula is C14H22N2O2S. The predicted molar refractivity (Wildman–Crippen MR) is 76.7 cm³/mol. The Kier molecular flexibility index (Phi) is 4.96. The normalized spacial score (nSPS) is 15.6. The van der Waals surface area contributed by atoms with Gasteiger partial charge >= 0.3 is 0 Å². The Labute approximate surface area is 115 Å². The van der Waals surface area contributed by atoms with Crippen LogP contribution in [0.15, 0.2) is 29.2 Å². The number of aryl methyl sites for hydroxylation is 1. The molecule has 4 nitrogen and oxygen atoms in total. The van der Waals surface area contributed by atoms with Crippen LogP contribution in [0.2, 0.25) is 0 Å². The quantitative estimate of drug-likeness (QED) is 0.713. The molecule has 2 rings (SSSR count). The average molecular weight is 282 g/mol. The molecule has 1 aliphatic rings. The molecule has 0 heterocycles. The minimum atomic E-state index is -3.31. The van der Waals surface area contributed by atoms with Gasteiger partial charge in [0.15, 0.2) is 0 Å². The number of hydrogen-bond donors (Lipinski definition) is 2. The number of benzene rings is 1. The first-order chi connectivity index (χ1) is 9.12. The summed E-state index contributed by atoms with van der Waals surface area (Å²) in [5.41, 5.74) is 1.18. The summed E-state index contributed by atoms with van der Waals surface area (Å²) in [4.78, 5) is 0.370. The molecule has 0 amide bonds. The highest BCUT2D eigenvalue weighted by molar-refractivity contribution is 7.89. The van der Waals surface area contributed by atoms with E-state index in [-0.39, 0.29) is 6.04 Å². The molecule has 0 saturated heterocycles. The molecule has 1 aromatic rings. The van der Waals surface area contributed by atoms with Gasteiger partial charge in [-0.15, -0.1) is 0 Å². The molecule has 2 N–H and O–H groups in total.